The number of nitrogens with zero attached hydrogens (tertiary/aromatic N) is 5. The van der Waals surface area contributed by atoms with Crippen molar-refractivity contribution in [3.63, 3.8) is 0 Å². The van der Waals surface area contributed by atoms with Crippen LogP contribution in [0.25, 0.3) is 0 Å². The van der Waals surface area contributed by atoms with E-state index < -0.39 is 18.0 Å². The van der Waals surface area contributed by atoms with Crippen LogP contribution in [0.1, 0.15) is 6.92 Å². The number of hydrogen-bond donors (Lipinski definition) is 1. The van der Waals surface area contributed by atoms with Crippen molar-refractivity contribution in [2.24, 2.45) is 0 Å². The van der Waals surface area contributed by atoms with Gasteiger partial charge in [0, 0.05) is 6.20 Å². The monoisotopic (exact) mass is 310 g/mol. The van der Waals surface area contributed by atoms with Gasteiger partial charge in [0.25, 0.3) is 5.91 Å². The van der Waals surface area contributed by atoms with Gasteiger partial charge in [0.05, 0.1) is 5.69 Å². The second-order valence-electron chi connectivity index (χ2n) is 3.97. The second kappa shape index (κ2) is 6.75. The largest absolute Gasteiger partial charge is 0.451 e. The molecule has 1 atom stereocenters. The van der Waals surface area contributed by atoms with Crippen molar-refractivity contribution in [2.45, 2.75) is 19.6 Å². The fraction of sp³-hybridized carbons (Fsp3) is 0.273. The Morgan fingerprint density at radius 1 is 1.52 bits per heavy atom. The number of carbonyl (C=O) groups is 2. The van der Waals surface area contributed by atoms with Gasteiger partial charge in [-0.05, 0) is 29.5 Å². The molecule has 2 heterocycles. The molecule has 110 valence electrons. The third-order valence-electron chi connectivity index (χ3n) is 2.38. The number of halogens is 1. The summed E-state index contributed by atoms with van der Waals surface area (Å²) in [5.74, 6) is -1.16. The Labute approximate surface area is 124 Å². The van der Waals surface area contributed by atoms with Gasteiger partial charge in [-0.15, -0.1) is 5.10 Å². The summed E-state index contributed by atoms with van der Waals surface area (Å²) < 4.78 is 6.15. The highest BCUT2D eigenvalue weighted by molar-refractivity contribution is 6.32. The molecule has 10 heteroatoms. The van der Waals surface area contributed by atoms with Crippen molar-refractivity contribution in [3.05, 3.63) is 29.8 Å². The summed E-state index contributed by atoms with van der Waals surface area (Å²) in [5.41, 5.74) is 0.340. The Morgan fingerprint density at radius 3 is 3.00 bits per heavy atom. The van der Waals surface area contributed by atoms with Crippen molar-refractivity contribution in [1.29, 1.82) is 0 Å². The van der Waals surface area contributed by atoms with Crippen LogP contribution >= 0.6 is 11.6 Å². The Balaban J connectivity index is 1.88. The maximum atomic E-state index is 11.9. The highest BCUT2D eigenvalue weighted by atomic mass is 35.5. The molecule has 0 aromatic carbocycles. The van der Waals surface area contributed by atoms with Gasteiger partial charge in [0.1, 0.15) is 12.9 Å². The molecule has 1 amide bonds. The number of esters is 1. The molecule has 2 aromatic rings. The Morgan fingerprint density at radius 2 is 2.33 bits per heavy atom. The van der Waals surface area contributed by atoms with Crippen LogP contribution in [0.5, 0.6) is 0 Å². The molecule has 0 bridgehead atoms. The van der Waals surface area contributed by atoms with Crippen LogP contribution in [-0.4, -0.2) is 43.2 Å². The van der Waals surface area contributed by atoms with E-state index in [2.05, 4.69) is 25.8 Å². The van der Waals surface area contributed by atoms with E-state index in [1.165, 1.54) is 24.1 Å². The van der Waals surface area contributed by atoms with Gasteiger partial charge in [-0.3, -0.25) is 9.59 Å². The van der Waals surface area contributed by atoms with Gasteiger partial charge in [-0.25, -0.2) is 9.67 Å². The lowest BCUT2D eigenvalue weighted by Gasteiger charge is -2.13. The zero-order valence-corrected chi connectivity index (χ0v) is 11.7. The Bertz CT molecular complexity index is 633. The van der Waals surface area contributed by atoms with E-state index in [9.17, 15) is 9.59 Å². The average molecular weight is 311 g/mol. The number of ether oxygens (including phenoxy) is 1. The molecule has 0 unspecified atom stereocenters. The van der Waals surface area contributed by atoms with Crippen LogP contribution in [0.4, 0.5) is 5.69 Å². The molecule has 0 aliphatic heterocycles. The average Bonchev–Trinajstić information content (AvgIpc) is 2.93. The molecular formula is C11H11ClN6O3. The van der Waals surface area contributed by atoms with E-state index in [4.69, 9.17) is 16.3 Å². The molecule has 0 radical (unpaired) electrons. The lowest BCUT2D eigenvalue weighted by Crippen LogP contribution is -2.31. The number of hydrogen-bond acceptors (Lipinski definition) is 7. The van der Waals surface area contributed by atoms with Gasteiger partial charge in [-0.1, -0.05) is 11.6 Å². The molecule has 9 nitrogen and oxygen atoms in total. The first-order valence-corrected chi connectivity index (χ1v) is 6.25. The zero-order valence-electron chi connectivity index (χ0n) is 10.9. The normalized spacial score (nSPS) is 11.7. The number of carbonyl (C=O) groups excluding carboxylic acids is 2. The highest BCUT2D eigenvalue weighted by Gasteiger charge is 2.19. The molecule has 21 heavy (non-hydrogen) atoms. The van der Waals surface area contributed by atoms with E-state index in [1.807, 2.05) is 0 Å². The van der Waals surface area contributed by atoms with Crippen molar-refractivity contribution >= 4 is 29.2 Å². The minimum atomic E-state index is -0.995. The lowest BCUT2D eigenvalue weighted by atomic mass is 10.3. The molecular weight excluding hydrogens is 300 g/mol. The Kier molecular flexibility index (Phi) is 4.77. The van der Waals surface area contributed by atoms with Gasteiger partial charge in [0.15, 0.2) is 11.3 Å². The smallest absolute Gasteiger partial charge is 0.328 e. The van der Waals surface area contributed by atoms with Crippen molar-refractivity contribution in [2.75, 3.05) is 5.32 Å². The van der Waals surface area contributed by atoms with Crippen LogP contribution in [0, 0.1) is 0 Å². The molecule has 0 aliphatic carbocycles. The van der Waals surface area contributed by atoms with Gasteiger partial charge in [-0.2, -0.15) is 0 Å². The third kappa shape index (κ3) is 4.21. The van der Waals surface area contributed by atoms with Gasteiger partial charge in [0.2, 0.25) is 0 Å². The summed E-state index contributed by atoms with van der Waals surface area (Å²) in [6, 6.07) is 3.21. The predicted octanol–water partition coefficient (Wildman–Crippen LogP) is 0.292. The predicted molar refractivity (Wildman–Crippen MR) is 71.2 cm³/mol. The number of anilines is 1. The zero-order chi connectivity index (χ0) is 15.2. The van der Waals surface area contributed by atoms with Crippen molar-refractivity contribution in [1.82, 2.24) is 25.2 Å². The van der Waals surface area contributed by atoms with Crippen LogP contribution in [0.3, 0.4) is 0 Å². The van der Waals surface area contributed by atoms with Crippen LogP contribution in [0.2, 0.25) is 5.15 Å². The molecule has 0 spiro atoms. The van der Waals surface area contributed by atoms with Crippen LogP contribution in [-0.2, 0) is 20.9 Å². The topological polar surface area (TPSA) is 112 Å². The number of tetrazole rings is 1. The molecule has 2 rings (SSSR count). The Hall–Kier alpha value is -2.55. The quantitative estimate of drug-likeness (QED) is 0.624. The van der Waals surface area contributed by atoms with E-state index in [1.54, 1.807) is 12.1 Å². The maximum Gasteiger partial charge on any atom is 0.328 e. The maximum absolute atomic E-state index is 11.9. The molecule has 1 N–H and O–H groups in total. The summed E-state index contributed by atoms with van der Waals surface area (Å²) in [6.07, 6.45) is 1.76. The first kappa shape index (κ1) is 14.9. The number of amides is 1. The van der Waals surface area contributed by atoms with Crippen molar-refractivity contribution < 1.29 is 14.3 Å². The van der Waals surface area contributed by atoms with E-state index in [-0.39, 0.29) is 11.7 Å². The van der Waals surface area contributed by atoms with Crippen molar-refractivity contribution in [3.8, 4) is 0 Å². The molecule has 0 saturated carbocycles. The number of nitrogens with one attached hydrogen (secondary N) is 1. The summed E-state index contributed by atoms with van der Waals surface area (Å²) >= 11 is 5.81. The van der Waals surface area contributed by atoms with Gasteiger partial charge >= 0.3 is 5.97 Å². The molecule has 0 saturated heterocycles. The van der Waals surface area contributed by atoms with Crippen LogP contribution in [0.15, 0.2) is 24.7 Å². The highest BCUT2D eigenvalue weighted by Crippen LogP contribution is 2.17. The minimum Gasteiger partial charge on any atom is -0.451 e. The molecule has 0 aliphatic rings. The first-order chi connectivity index (χ1) is 10.1. The standard InChI is InChI=1S/C11H11ClN6O3/c1-7(21-9(19)5-18-6-14-16-17-18)11(20)15-8-3-2-4-13-10(8)12/h2-4,6-7H,5H2,1H3,(H,15,20)/t7-/m1/s1. The summed E-state index contributed by atoms with van der Waals surface area (Å²) in [6.45, 7) is 1.26. The third-order valence-corrected chi connectivity index (χ3v) is 2.68. The minimum absolute atomic E-state index is 0.151. The SMILES string of the molecule is C[C@@H](OC(=O)Cn1cnnn1)C(=O)Nc1cccnc1Cl. The van der Waals surface area contributed by atoms with E-state index >= 15 is 0 Å². The number of aromatic nitrogens is 5. The lowest BCUT2D eigenvalue weighted by molar-refractivity contribution is -0.153. The first-order valence-electron chi connectivity index (χ1n) is 5.88. The van der Waals surface area contributed by atoms with E-state index in [0.717, 1.165) is 0 Å². The molecule has 2 aromatic heterocycles. The number of rotatable bonds is 5. The summed E-state index contributed by atoms with van der Waals surface area (Å²) in [5, 5.41) is 12.9. The summed E-state index contributed by atoms with van der Waals surface area (Å²) in [7, 11) is 0. The van der Waals surface area contributed by atoms with E-state index in [0.29, 0.717) is 5.69 Å². The van der Waals surface area contributed by atoms with Crippen LogP contribution < -0.4 is 5.32 Å². The fourth-order valence-corrected chi connectivity index (χ4v) is 1.55. The summed E-state index contributed by atoms with van der Waals surface area (Å²) in [4.78, 5) is 27.3. The fourth-order valence-electron chi connectivity index (χ4n) is 1.39. The number of pyridine rings is 1. The van der Waals surface area contributed by atoms with Gasteiger partial charge < -0.3 is 10.1 Å². The second-order valence-corrected chi connectivity index (χ2v) is 4.33. The molecule has 0 fully saturated rings.